The lowest BCUT2D eigenvalue weighted by Gasteiger charge is -2.48. The molecule has 182 valence electrons. The fourth-order valence-corrected chi connectivity index (χ4v) is 8.10. The van der Waals surface area contributed by atoms with Crippen molar-refractivity contribution >= 4 is 5.91 Å². The number of carbonyl (C=O) groups excluding carboxylic acids is 1. The maximum absolute atomic E-state index is 13.7. The summed E-state index contributed by atoms with van der Waals surface area (Å²) in [4.78, 5) is 13.7. The number of carbonyl (C=O) groups is 1. The molecule has 3 aliphatic heterocycles. The molecule has 0 aromatic carbocycles. The van der Waals surface area contributed by atoms with Gasteiger partial charge in [0.25, 0.3) is 0 Å². The monoisotopic (exact) mass is 444 g/mol. The van der Waals surface area contributed by atoms with Gasteiger partial charge in [-0.2, -0.15) is 0 Å². The van der Waals surface area contributed by atoms with E-state index < -0.39 is 0 Å². The second kappa shape index (κ2) is 9.92. The number of hydrogen-bond donors (Lipinski definition) is 4. The minimum atomic E-state index is -0.0204. The minimum absolute atomic E-state index is 0.0204. The molecule has 32 heavy (non-hydrogen) atoms. The van der Waals surface area contributed by atoms with Crippen LogP contribution in [0, 0.1) is 23.2 Å². The van der Waals surface area contributed by atoms with Crippen molar-refractivity contribution in [2.75, 3.05) is 13.1 Å². The summed E-state index contributed by atoms with van der Waals surface area (Å²) in [5, 5.41) is 15.0. The molecule has 5 rings (SSSR count). The van der Waals surface area contributed by atoms with E-state index in [2.05, 4.69) is 35.1 Å². The van der Waals surface area contributed by atoms with Gasteiger partial charge in [0.1, 0.15) is 0 Å². The highest BCUT2D eigenvalue weighted by Gasteiger charge is 2.56. The van der Waals surface area contributed by atoms with E-state index >= 15 is 0 Å². The van der Waals surface area contributed by atoms with Crippen LogP contribution in [0.15, 0.2) is 0 Å². The summed E-state index contributed by atoms with van der Waals surface area (Å²) in [6.07, 6.45) is 17.1. The van der Waals surface area contributed by atoms with Crippen molar-refractivity contribution in [1.82, 2.24) is 21.3 Å². The van der Waals surface area contributed by atoms with Gasteiger partial charge in [0.2, 0.25) is 5.91 Å². The van der Waals surface area contributed by atoms with Crippen LogP contribution in [0.5, 0.6) is 0 Å². The van der Waals surface area contributed by atoms with Crippen molar-refractivity contribution in [3.63, 3.8) is 0 Å². The zero-order chi connectivity index (χ0) is 22.1. The average Bonchev–Trinajstić information content (AvgIpc) is 3.52. The zero-order valence-electron chi connectivity index (χ0n) is 20.6. The van der Waals surface area contributed by atoms with Crippen LogP contribution >= 0.6 is 0 Å². The van der Waals surface area contributed by atoms with E-state index in [1.54, 1.807) is 0 Å². The number of piperidine rings is 2. The SMILES string of the molecule is CC1CCCNC1C(NC(=O)C1CC2(C3CCCCCCC3)CCNC(C)C2N1)C1CC1. The van der Waals surface area contributed by atoms with Crippen LogP contribution in [-0.4, -0.2) is 49.2 Å². The van der Waals surface area contributed by atoms with Crippen LogP contribution in [0.2, 0.25) is 0 Å². The molecule has 7 atom stereocenters. The third-order valence-electron chi connectivity index (χ3n) is 10.0. The first kappa shape index (κ1) is 23.1. The summed E-state index contributed by atoms with van der Waals surface area (Å²) in [6.45, 7) is 6.93. The zero-order valence-corrected chi connectivity index (χ0v) is 20.6. The third-order valence-corrected chi connectivity index (χ3v) is 10.0. The Balaban J connectivity index is 1.31. The molecule has 5 fully saturated rings. The number of fused-ring (bicyclic) bond motifs is 1. The fourth-order valence-electron chi connectivity index (χ4n) is 8.10. The van der Waals surface area contributed by atoms with Crippen LogP contribution in [0.4, 0.5) is 0 Å². The molecule has 5 aliphatic rings. The summed E-state index contributed by atoms with van der Waals surface area (Å²) < 4.78 is 0. The third kappa shape index (κ3) is 4.63. The molecule has 0 bridgehead atoms. The standard InChI is InChI=1S/C27H48N4O/c1-18-9-8-15-29-23(18)24(20-12-13-20)31-26(32)22-17-27(14-16-28-19(2)25(27)30-22)21-10-6-4-3-5-7-11-21/h18-25,28-30H,3-17H2,1-2H3,(H,31,32). The van der Waals surface area contributed by atoms with E-state index in [-0.39, 0.29) is 11.9 Å². The molecule has 0 aromatic heterocycles. The molecule has 7 unspecified atom stereocenters. The van der Waals surface area contributed by atoms with Crippen LogP contribution in [-0.2, 0) is 4.79 Å². The molecule has 2 saturated carbocycles. The first-order valence-corrected chi connectivity index (χ1v) is 14.1. The molecule has 3 heterocycles. The van der Waals surface area contributed by atoms with Gasteiger partial charge >= 0.3 is 0 Å². The first-order valence-electron chi connectivity index (χ1n) is 14.1. The Kier molecular flexibility index (Phi) is 7.16. The number of amides is 1. The molecule has 0 spiro atoms. The smallest absolute Gasteiger partial charge is 0.237 e. The Labute approximate surface area is 196 Å². The van der Waals surface area contributed by atoms with Gasteiger partial charge in [-0.25, -0.2) is 0 Å². The molecule has 3 saturated heterocycles. The van der Waals surface area contributed by atoms with Gasteiger partial charge in [0, 0.05) is 24.2 Å². The Hall–Kier alpha value is -0.650. The van der Waals surface area contributed by atoms with Crippen LogP contribution in [0.25, 0.3) is 0 Å². The van der Waals surface area contributed by atoms with E-state index in [9.17, 15) is 4.79 Å². The fraction of sp³-hybridized carbons (Fsp3) is 0.963. The highest BCUT2D eigenvalue weighted by atomic mass is 16.2. The predicted molar refractivity (Wildman–Crippen MR) is 130 cm³/mol. The summed E-state index contributed by atoms with van der Waals surface area (Å²) >= 11 is 0. The van der Waals surface area contributed by atoms with Crippen LogP contribution in [0.1, 0.15) is 97.3 Å². The second-order valence-corrected chi connectivity index (χ2v) is 12.1. The van der Waals surface area contributed by atoms with Gasteiger partial charge in [-0.15, -0.1) is 0 Å². The van der Waals surface area contributed by atoms with E-state index in [0.29, 0.717) is 41.4 Å². The number of nitrogens with one attached hydrogen (secondary N) is 4. The summed E-state index contributed by atoms with van der Waals surface area (Å²) in [6, 6.07) is 1.63. The Bertz CT molecular complexity index is 644. The largest absolute Gasteiger partial charge is 0.350 e. The van der Waals surface area contributed by atoms with Crippen molar-refractivity contribution in [2.45, 2.75) is 128 Å². The van der Waals surface area contributed by atoms with Gasteiger partial charge in [0.15, 0.2) is 0 Å². The van der Waals surface area contributed by atoms with Crippen LogP contribution < -0.4 is 21.3 Å². The lowest BCUT2D eigenvalue weighted by molar-refractivity contribution is -0.124. The highest BCUT2D eigenvalue weighted by Crippen LogP contribution is 2.51. The van der Waals surface area contributed by atoms with Gasteiger partial charge in [-0.05, 0) is 94.5 Å². The van der Waals surface area contributed by atoms with E-state index in [1.165, 1.54) is 77.0 Å². The Morgan fingerprint density at radius 2 is 1.66 bits per heavy atom. The van der Waals surface area contributed by atoms with Crippen molar-refractivity contribution in [3.8, 4) is 0 Å². The summed E-state index contributed by atoms with van der Waals surface area (Å²) in [5.41, 5.74) is 0.301. The summed E-state index contributed by atoms with van der Waals surface area (Å²) in [7, 11) is 0. The predicted octanol–water partition coefficient (Wildman–Crippen LogP) is 3.73. The molecule has 5 heteroatoms. The molecule has 5 nitrogen and oxygen atoms in total. The number of rotatable bonds is 5. The second-order valence-electron chi connectivity index (χ2n) is 12.1. The molecule has 0 radical (unpaired) electrons. The van der Waals surface area contributed by atoms with Gasteiger partial charge in [-0.1, -0.05) is 39.0 Å². The summed E-state index contributed by atoms with van der Waals surface area (Å²) in [5.74, 6) is 2.40. The molecule has 4 N–H and O–H groups in total. The molecular formula is C27H48N4O. The maximum atomic E-state index is 13.7. The van der Waals surface area contributed by atoms with Crippen molar-refractivity contribution in [3.05, 3.63) is 0 Å². The maximum Gasteiger partial charge on any atom is 0.237 e. The Morgan fingerprint density at radius 3 is 2.38 bits per heavy atom. The van der Waals surface area contributed by atoms with Gasteiger partial charge in [0.05, 0.1) is 6.04 Å². The van der Waals surface area contributed by atoms with Crippen LogP contribution in [0.3, 0.4) is 0 Å². The van der Waals surface area contributed by atoms with Crippen molar-refractivity contribution in [1.29, 1.82) is 0 Å². The first-order chi connectivity index (χ1) is 15.6. The van der Waals surface area contributed by atoms with E-state index in [1.807, 2.05) is 0 Å². The number of hydrogen-bond acceptors (Lipinski definition) is 4. The van der Waals surface area contributed by atoms with E-state index in [4.69, 9.17) is 0 Å². The average molecular weight is 445 g/mol. The molecule has 2 aliphatic carbocycles. The quantitative estimate of drug-likeness (QED) is 0.522. The Morgan fingerprint density at radius 1 is 0.906 bits per heavy atom. The molecule has 1 amide bonds. The highest BCUT2D eigenvalue weighted by molar-refractivity contribution is 5.83. The minimum Gasteiger partial charge on any atom is -0.350 e. The molecule has 0 aromatic rings. The topological polar surface area (TPSA) is 65.2 Å². The van der Waals surface area contributed by atoms with Gasteiger partial charge < -0.3 is 21.3 Å². The lowest BCUT2D eigenvalue weighted by Crippen LogP contribution is -2.60. The van der Waals surface area contributed by atoms with Crippen molar-refractivity contribution in [2.24, 2.45) is 23.2 Å². The van der Waals surface area contributed by atoms with Gasteiger partial charge in [-0.3, -0.25) is 4.79 Å². The van der Waals surface area contributed by atoms with Crippen molar-refractivity contribution < 1.29 is 4.79 Å². The lowest BCUT2D eigenvalue weighted by atomic mass is 9.61. The molecular weight excluding hydrogens is 396 g/mol. The normalized spacial score (nSPS) is 42.5. The van der Waals surface area contributed by atoms with E-state index in [0.717, 1.165) is 25.4 Å².